The number of hydrogen-bond acceptors (Lipinski definition) is 4. The summed E-state index contributed by atoms with van der Waals surface area (Å²) in [6, 6.07) is 5.69. The number of furan rings is 1. The molecule has 106 valence electrons. The maximum Gasteiger partial charge on any atom is 0.226 e. The van der Waals surface area contributed by atoms with Gasteiger partial charge in [0.1, 0.15) is 17.3 Å². The average Bonchev–Trinajstić information content (AvgIpc) is 2.82. The molecule has 2 heterocycles. The fourth-order valence-electron chi connectivity index (χ4n) is 2.31. The van der Waals surface area contributed by atoms with E-state index >= 15 is 0 Å². The summed E-state index contributed by atoms with van der Waals surface area (Å²) < 4.78 is 10.7. The normalized spacial score (nSPS) is 20.9. The molecule has 1 fully saturated rings. The van der Waals surface area contributed by atoms with Gasteiger partial charge in [-0.3, -0.25) is 4.79 Å². The number of carbonyl (C=O) groups is 1. The molecule has 20 heavy (non-hydrogen) atoms. The summed E-state index contributed by atoms with van der Waals surface area (Å²) in [6.45, 7) is 4.01. The van der Waals surface area contributed by atoms with Gasteiger partial charge in [-0.1, -0.05) is 12.1 Å². The fourth-order valence-corrected chi connectivity index (χ4v) is 2.31. The summed E-state index contributed by atoms with van der Waals surface area (Å²) in [5, 5.41) is 6.42. The number of nitrogens with zero attached hydrogens (tertiary/aromatic N) is 1. The molecule has 0 aliphatic heterocycles. The van der Waals surface area contributed by atoms with E-state index in [-0.39, 0.29) is 5.91 Å². The summed E-state index contributed by atoms with van der Waals surface area (Å²) >= 11 is 0. The third-order valence-corrected chi connectivity index (χ3v) is 3.65. The third kappa shape index (κ3) is 2.92. The minimum Gasteiger partial charge on any atom is -0.466 e. The highest BCUT2D eigenvalue weighted by atomic mass is 16.5. The van der Waals surface area contributed by atoms with E-state index in [1.165, 1.54) is 6.42 Å². The molecule has 1 amide bonds. The molecule has 2 aromatic heterocycles. The van der Waals surface area contributed by atoms with Crippen molar-refractivity contribution in [2.45, 2.75) is 39.0 Å². The summed E-state index contributed by atoms with van der Waals surface area (Å²) in [5.41, 5.74) is 0. The van der Waals surface area contributed by atoms with Gasteiger partial charge in [-0.15, -0.1) is 0 Å². The van der Waals surface area contributed by atoms with E-state index in [1.54, 1.807) is 13.0 Å². The quantitative estimate of drug-likeness (QED) is 0.908. The van der Waals surface area contributed by atoms with Gasteiger partial charge in [0.2, 0.25) is 5.91 Å². The molecular formula is C15H18N2O3. The van der Waals surface area contributed by atoms with E-state index in [9.17, 15) is 4.79 Å². The lowest BCUT2D eigenvalue weighted by Gasteiger charge is -1.99. The number of amides is 1. The summed E-state index contributed by atoms with van der Waals surface area (Å²) in [4.78, 5) is 11.8. The standard InChI is InChI=1S/C15H18N2O3/c1-9-7-12(9)13-5-3-11(19-13)4-6-15(18)16-14-8-10(2)20-17-14/h3,5,8-9,12H,4,6-7H2,1-2H3,(H,16,17,18)/t9-,12-/m0/s1. The van der Waals surface area contributed by atoms with Crippen molar-refractivity contribution >= 4 is 11.7 Å². The van der Waals surface area contributed by atoms with Crippen LogP contribution in [-0.4, -0.2) is 11.1 Å². The Hall–Kier alpha value is -2.04. The number of aryl methyl sites for hydroxylation is 2. The molecule has 0 saturated heterocycles. The first-order valence-electron chi connectivity index (χ1n) is 6.93. The van der Waals surface area contributed by atoms with Crippen LogP contribution in [0.1, 0.15) is 43.0 Å². The SMILES string of the molecule is Cc1cc(NC(=O)CCc2ccc([C@H]3C[C@@H]3C)o2)no1. The number of hydrogen-bond donors (Lipinski definition) is 1. The minimum absolute atomic E-state index is 0.0870. The number of aromatic nitrogens is 1. The molecule has 5 heteroatoms. The monoisotopic (exact) mass is 274 g/mol. The first-order valence-corrected chi connectivity index (χ1v) is 6.93. The number of rotatable bonds is 5. The van der Waals surface area contributed by atoms with Crippen molar-refractivity contribution in [3.8, 4) is 0 Å². The molecule has 1 saturated carbocycles. The number of carbonyl (C=O) groups excluding carboxylic acids is 1. The molecule has 5 nitrogen and oxygen atoms in total. The Morgan fingerprint density at radius 1 is 1.50 bits per heavy atom. The molecule has 0 unspecified atom stereocenters. The van der Waals surface area contributed by atoms with Crippen molar-refractivity contribution in [1.29, 1.82) is 0 Å². The summed E-state index contributed by atoms with van der Waals surface area (Å²) in [5.74, 6) is 4.28. The average molecular weight is 274 g/mol. The Labute approximate surface area is 117 Å². The second kappa shape index (κ2) is 5.15. The molecule has 0 radical (unpaired) electrons. The number of anilines is 1. The lowest BCUT2D eigenvalue weighted by molar-refractivity contribution is -0.116. The van der Waals surface area contributed by atoms with Crippen molar-refractivity contribution in [3.05, 3.63) is 35.5 Å². The topological polar surface area (TPSA) is 68.3 Å². The van der Waals surface area contributed by atoms with Gasteiger partial charge in [0.15, 0.2) is 5.82 Å². The van der Waals surface area contributed by atoms with E-state index in [0.717, 1.165) is 17.4 Å². The second-order valence-corrected chi connectivity index (χ2v) is 5.49. The van der Waals surface area contributed by atoms with E-state index in [1.807, 2.05) is 12.1 Å². The zero-order chi connectivity index (χ0) is 14.1. The molecule has 0 spiro atoms. The minimum atomic E-state index is -0.0870. The van der Waals surface area contributed by atoms with Crippen LogP contribution in [0, 0.1) is 12.8 Å². The van der Waals surface area contributed by atoms with E-state index in [0.29, 0.717) is 30.3 Å². The lowest BCUT2D eigenvalue weighted by atomic mass is 10.2. The van der Waals surface area contributed by atoms with Gasteiger partial charge < -0.3 is 14.3 Å². The van der Waals surface area contributed by atoms with Crippen molar-refractivity contribution in [2.24, 2.45) is 5.92 Å². The number of nitrogens with one attached hydrogen (secondary N) is 1. The molecule has 1 N–H and O–H groups in total. The molecule has 2 atom stereocenters. The van der Waals surface area contributed by atoms with Crippen molar-refractivity contribution in [2.75, 3.05) is 5.32 Å². The maximum atomic E-state index is 11.8. The lowest BCUT2D eigenvalue weighted by Crippen LogP contribution is -2.12. The van der Waals surface area contributed by atoms with E-state index in [2.05, 4.69) is 17.4 Å². The first kappa shape index (κ1) is 13.0. The molecular weight excluding hydrogens is 256 g/mol. The molecule has 2 aromatic rings. The largest absolute Gasteiger partial charge is 0.466 e. The van der Waals surface area contributed by atoms with Crippen LogP contribution < -0.4 is 5.32 Å². The predicted octanol–water partition coefficient (Wildman–Crippen LogP) is 3.27. The van der Waals surface area contributed by atoms with Crippen molar-refractivity contribution in [3.63, 3.8) is 0 Å². The Kier molecular flexibility index (Phi) is 3.34. The van der Waals surface area contributed by atoms with Crippen LogP contribution in [0.4, 0.5) is 5.82 Å². The molecule has 1 aliphatic rings. The smallest absolute Gasteiger partial charge is 0.226 e. The zero-order valence-electron chi connectivity index (χ0n) is 11.7. The van der Waals surface area contributed by atoms with Crippen LogP contribution in [0.2, 0.25) is 0 Å². The Balaban J connectivity index is 1.49. The second-order valence-electron chi connectivity index (χ2n) is 5.49. The zero-order valence-corrected chi connectivity index (χ0v) is 11.7. The van der Waals surface area contributed by atoms with Crippen LogP contribution >= 0.6 is 0 Å². The van der Waals surface area contributed by atoms with Crippen molar-refractivity contribution in [1.82, 2.24) is 5.16 Å². The highest BCUT2D eigenvalue weighted by Crippen LogP contribution is 2.47. The van der Waals surface area contributed by atoms with Crippen LogP contribution in [0.5, 0.6) is 0 Å². The van der Waals surface area contributed by atoms with E-state index < -0.39 is 0 Å². The third-order valence-electron chi connectivity index (χ3n) is 3.65. The van der Waals surface area contributed by atoms with Gasteiger partial charge in [0, 0.05) is 24.8 Å². The summed E-state index contributed by atoms with van der Waals surface area (Å²) in [6.07, 6.45) is 2.18. The molecule has 0 aromatic carbocycles. The fraction of sp³-hybridized carbons (Fsp3) is 0.467. The molecule has 0 bridgehead atoms. The highest BCUT2D eigenvalue weighted by Gasteiger charge is 2.36. The summed E-state index contributed by atoms with van der Waals surface area (Å²) in [7, 11) is 0. The van der Waals surface area contributed by atoms with Gasteiger partial charge in [-0.25, -0.2) is 0 Å². The predicted molar refractivity (Wildman–Crippen MR) is 73.4 cm³/mol. The Bertz CT molecular complexity index is 614. The molecule has 1 aliphatic carbocycles. The Morgan fingerprint density at radius 3 is 2.95 bits per heavy atom. The van der Waals surface area contributed by atoms with Crippen LogP contribution in [0.25, 0.3) is 0 Å². The van der Waals surface area contributed by atoms with Crippen LogP contribution in [0.15, 0.2) is 27.1 Å². The highest BCUT2D eigenvalue weighted by molar-refractivity contribution is 5.89. The van der Waals surface area contributed by atoms with Crippen LogP contribution in [-0.2, 0) is 11.2 Å². The Morgan fingerprint density at radius 2 is 2.30 bits per heavy atom. The van der Waals surface area contributed by atoms with Gasteiger partial charge in [-0.2, -0.15) is 0 Å². The van der Waals surface area contributed by atoms with Crippen molar-refractivity contribution < 1.29 is 13.7 Å². The first-order chi connectivity index (χ1) is 9.61. The van der Waals surface area contributed by atoms with E-state index in [4.69, 9.17) is 8.94 Å². The molecule has 3 rings (SSSR count). The van der Waals surface area contributed by atoms with Crippen LogP contribution in [0.3, 0.4) is 0 Å². The van der Waals surface area contributed by atoms with Gasteiger partial charge in [-0.05, 0) is 31.4 Å². The van der Waals surface area contributed by atoms with Gasteiger partial charge >= 0.3 is 0 Å². The van der Waals surface area contributed by atoms with Gasteiger partial charge in [0.05, 0.1) is 0 Å². The van der Waals surface area contributed by atoms with Gasteiger partial charge in [0.25, 0.3) is 0 Å². The maximum absolute atomic E-state index is 11.8.